The first-order chi connectivity index (χ1) is 8.38. The molecule has 1 aromatic carbocycles. The Hall–Kier alpha value is -1.51. The van der Waals surface area contributed by atoms with Gasteiger partial charge in [0.2, 0.25) is 0 Å². The predicted octanol–water partition coefficient (Wildman–Crippen LogP) is 3.40. The van der Waals surface area contributed by atoms with Crippen LogP contribution < -0.4 is 4.90 Å². The number of para-hydroxylation sites is 1. The van der Waals surface area contributed by atoms with Gasteiger partial charge in [0.25, 0.3) is 0 Å². The maximum Gasteiger partial charge on any atom is 0.303 e. The first kappa shape index (κ1) is 14.6. The molecule has 0 atom stereocenters. The number of nitrogens with zero attached hydrogens (tertiary/aromatic N) is 1. The number of carbonyl (C=O) groups is 1. The van der Waals surface area contributed by atoms with Crippen LogP contribution in [0.15, 0.2) is 30.3 Å². The van der Waals surface area contributed by atoms with Crippen molar-refractivity contribution in [1.29, 1.82) is 0 Å². The Kier molecular flexibility index (Phi) is 5.20. The third-order valence-electron chi connectivity index (χ3n) is 2.61. The first-order valence-corrected chi connectivity index (χ1v) is 6.40. The summed E-state index contributed by atoms with van der Waals surface area (Å²) < 4.78 is 0. The molecular formula is C15H23NO2. The second-order valence-electron chi connectivity index (χ2n) is 5.82. The number of carboxylic acid groups (broad SMARTS) is 1. The highest BCUT2D eigenvalue weighted by Gasteiger charge is 2.16. The number of anilines is 1. The largest absolute Gasteiger partial charge is 0.481 e. The zero-order valence-electron chi connectivity index (χ0n) is 11.5. The lowest BCUT2D eigenvalue weighted by Gasteiger charge is -2.31. The van der Waals surface area contributed by atoms with Crippen molar-refractivity contribution in [2.75, 3.05) is 18.0 Å². The molecule has 1 rings (SSSR count). The van der Waals surface area contributed by atoms with Crippen molar-refractivity contribution in [3.05, 3.63) is 30.3 Å². The number of hydrogen-bond acceptors (Lipinski definition) is 2. The molecule has 3 nitrogen and oxygen atoms in total. The van der Waals surface area contributed by atoms with Gasteiger partial charge in [0.15, 0.2) is 0 Å². The van der Waals surface area contributed by atoms with Crippen molar-refractivity contribution < 1.29 is 9.90 Å². The number of rotatable bonds is 6. The summed E-state index contributed by atoms with van der Waals surface area (Å²) >= 11 is 0. The van der Waals surface area contributed by atoms with Crippen LogP contribution in [0.5, 0.6) is 0 Å². The van der Waals surface area contributed by atoms with Crippen molar-refractivity contribution in [3.63, 3.8) is 0 Å². The average Bonchev–Trinajstić information content (AvgIpc) is 2.27. The minimum absolute atomic E-state index is 0.194. The molecule has 18 heavy (non-hydrogen) atoms. The summed E-state index contributed by atoms with van der Waals surface area (Å²) in [6, 6.07) is 10.2. The van der Waals surface area contributed by atoms with Gasteiger partial charge in [0.1, 0.15) is 0 Å². The summed E-state index contributed by atoms with van der Waals surface area (Å²) in [4.78, 5) is 12.9. The molecular weight excluding hydrogens is 226 g/mol. The van der Waals surface area contributed by atoms with Crippen LogP contribution >= 0.6 is 0 Å². The van der Waals surface area contributed by atoms with E-state index in [-0.39, 0.29) is 11.8 Å². The molecule has 0 aliphatic rings. The molecule has 0 aromatic heterocycles. The van der Waals surface area contributed by atoms with E-state index in [1.165, 1.54) is 0 Å². The van der Waals surface area contributed by atoms with E-state index in [4.69, 9.17) is 5.11 Å². The monoisotopic (exact) mass is 249 g/mol. The lowest BCUT2D eigenvalue weighted by atomic mass is 9.95. The average molecular weight is 249 g/mol. The van der Waals surface area contributed by atoms with Gasteiger partial charge in [-0.15, -0.1) is 0 Å². The van der Waals surface area contributed by atoms with E-state index < -0.39 is 5.97 Å². The lowest BCUT2D eigenvalue weighted by molar-refractivity contribution is -0.137. The summed E-state index contributed by atoms with van der Waals surface area (Å²) in [6.07, 6.45) is 0.911. The molecule has 0 fully saturated rings. The minimum atomic E-state index is -0.723. The molecule has 0 aliphatic heterocycles. The molecule has 0 amide bonds. The van der Waals surface area contributed by atoms with E-state index in [9.17, 15) is 4.79 Å². The van der Waals surface area contributed by atoms with Crippen LogP contribution in [-0.2, 0) is 4.79 Å². The Morgan fingerprint density at radius 3 is 2.33 bits per heavy atom. The number of benzene rings is 1. The molecule has 0 unspecified atom stereocenters. The minimum Gasteiger partial charge on any atom is -0.481 e. The fourth-order valence-corrected chi connectivity index (χ4v) is 1.93. The smallest absolute Gasteiger partial charge is 0.303 e. The number of carboxylic acids is 1. The van der Waals surface area contributed by atoms with Gasteiger partial charge in [-0.3, -0.25) is 4.79 Å². The standard InChI is InChI=1S/C15H23NO2/c1-15(2,3)12-16(11-7-10-14(17)18)13-8-5-4-6-9-13/h4-6,8-9H,7,10-12H2,1-3H3,(H,17,18). The zero-order chi connectivity index (χ0) is 13.6. The summed E-state index contributed by atoms with van der Waals surface area (Å²) in [5.41, 5.74) is 1.36. The van der Waals surface area contributed by atoms with Gasteiger partial charge in [-0.05, 0) is 24.0 Å². The Labute approximate surface area is 109 Å². The van der Waals surface area contributed by atoms with Crippen molar-refractivity contribution in [3.8, 4) is 0 Å². The van der Waals surface area contributed by atoms with E-state index in [0.717, 1.165) is 18.8 Å². The first-order valence-electron chi connectivity index (χ1n) is 6.40. The van der Waals surface area contributed by atoms with E-state index >= 15 is 0 Å². The third-order valence-corrected chi connectivity index (χ3v) is 2.61. The number of hydrogen-bond donors (Lipinski definition) is 1. The van der Waals surface area contributed by atoms with E-state index in [0.29, 0.717) is 6.42 Å². The van der Waals surface area contributed by atoms with Gasteiger partial charge >= 0.3 is 5.97 Å². The van der Waals surface area contributed by atoms with Crippen LogP contribution in [0.3, 0.4) is 0 Å². The molecule has 1 N–H and O–H groups in total. The molecule has 0 heterocycles. The van der Waals surface area contributed by atoms with Crippen molar-refractivity contribution in [2.45, 2.75) is 33.6 Å². The predicted molar refractivity (Wildman–Crippen MR) is 75.0 cm³/mol. The molecule has 100 valence electrons. The third kappa shape index (κ3) is 5.71. The molecule has 1 aromatic rings. The quantitative estimate of drug-likeness (QED) is 0.840. The van der Waals surface area contributed by atoms with Gasteiger partial charge in [-0.25, -0.2) is 0 Å². The van der Waals surface area contributed by atoms with Crippen molar-refractivity contribution in [1.82, 2.24) is 0 Å². The zero-order valence-corrected chi connectivity index (χ0v) is 11.5. The van der Waals surface area contributed by atoms with Crippen molar-refractivity contribution >= 4 is 11.7 Å². The van der Waals surface area contributed by atoms with Gasteiger partial charge in [-0.1, -0.05) is 39.0 Å². The van der Waals surface area contributed by atoms with Gasteiger partial charge in [-0.2, -0.15) is 0 Å². The van der Waals surface area contributed by atoms with Crippen LogP contribution in [0.25, 0.3) is 0 Å². The van der Waals surface area contributed by atoms with E-state index in [1.807, 2.05) is 18.2 Å². The molecule has 0 saturated heterocycles. The Morgan fingerprint density at radius 2 is 1.83 bits per heavy atom. The van der Waals surface area contributed by atoms with Crippen LogP contribution in [0.4, 0.5) is 5.69 Å². The number of aliphatic carboxylic acids is 1. The fraction of sp³-hybridized carbons (Fsp3) is 0.533. The molecule has 0 bridgehead atoms. The normalized spacial score (nSPS) is 11.3. The lowest BCUT2D eigenvalue weighted by Crippen LogP contribution is -2.33. The summed E-state index contributed by atoms with van der Waals surface area (Å²) in [5, 5.41) is 8.71. The Balaban J connectivity index is 2.67. The maximum absolute atomic E-state index is 10.6. The highest BCUT2D eigenvalue weighted by atomic mass is 16.4. The Bertz CT molecular complexity index is 368. The maximum atomic E-state index is 10.6. The summed E-state index contributed by atoms with van der Waals surface area (Å²) in [7, 11) is 0. The highest BCUT2D eigenvalue weighted by Crippen LogP contribution is 2.21. The second-order valence-corrected chi connectivity index (χ2v) is 5.82. The van der Waals surface area contributed by atoms with Crippen molar-refractivity contribution in [2.24, 2.45) is 5.41 Å². The highest BCUT2D eigenvalue weighted by molar-refractivity contribution is 5.66. The van der Waals surface area contributed by atoms with Crippen LogP contribution in [0, 0.1) is 5.41 Å². The van der Waals surface area contributed by atoms with Crippen LogP contribution in [-0.4, -0.2) is 24.2 Å². The summed E-state index contributed by atoms with van der Waals surface area (Å²) in [5.74, 6) is -0.723. The molecule has 0 radical (unpaired) electrons. The molecule has 0 spiro atoms. The molecule has 0 aliphatic carbocycles. The topological polar surface area (TPSA) is 40.5 Å². The fourth-order valence-electron chi connectivity index (χ4n) is 1.93. The van der Waals surface area contributed by atoms with Gasteiger partial charge < -0.3 is 10.0 Å². The van der Waals surface area contributed by atoms with Crippen LogP contribution in [0.1, 0.15) is 33.6 Å². The Morgan fingerprint density at radius 1 is 1.22 bits per heavy atom. The SMILES string of the molecule is CC(C)(C)CN(CCCC(=O)O)c1ccccc1. The molecule has 3 heteroatoms. The van der Waals surface area contributed by atoms with Crippen LogP contribution in [0.2, 0.25) is 0 Å². The van der Waals surface area contributed by atoms with E-state index in [1.54, 1.807) is 0 Å². The van der Waals surface area contributed by atoms with E-state index in [2.05, 4.69) is 37.8 Å². The second kappa shape index (κ2) is 6.43. The van der Waals surface area contributed by atoms with Gasteiger partial charge in [0, 0.05) is 25.2 Å². The summed E-state index contributed by atoms with van der Waals surface area (Å²) in [6.45, 7) is 8.30. The van der Waals surface area contributed by atoms with Gasteiger partial charge in [0.05, 0.1) is 0 Å². The molecule has 0 saturated carbocycles.